The number of aliphatic hydroxyl groups is 1. The van der Waals surface area contributed by atoms with Gasteiger partial charge in [-0.2, -0.15) is 0 Å². The lowest BCUT2D eigenvalue weighted by atomic mass is 9.69. The number of nitrogens with zero attached hydrogens (tertiary/aromatic N) is 2. The Labute approximate surface area is 146 Å². The van der Waals surface area contributed by atoms with E-state index >= 15 is 0 Å². The Bertz CT molecular complexity index is 679. The predicted molar refractivity (Wildman–Crippen MR) is 93.6 cm³/mol. The van der Waals surface area contributed by atoms with E-state index in [1.54, 1.807) is 0 Å². The molecule has 8 nitrogen and oxygen atoms in total. The molecule has 0 bridgehead atoms. The van der Waals surface area contributed by atoms with Gasteiger partial charge in [-0.25, -0.2) is 4.79 Å². The Morgan fingerprint density at radius 2 is 1.88 bits per heavy atom. The normalized spacial score (nSPS) is 28.1. The van der Waals surface area contributed by atoms with E-state index in [4.69, 9.17) is 4.74 Å². The largest absolute Gasteiger partial charge is 0.388 e. The van der Waals surface area contributed by atoms with Gasteiger partial charge in [-0.1, -0.05) is 13.8 Å². The standard InChI is InChI=1S/C17H28N4O4/c1-16(2)11-21(10-13-9-14(22)19-15(23)18-13)4-3-17(16,24)12-20-5-7-25-8-6-20/h9,24H,3-8,10-12H2,1-2H3,(H2,18,19,22,23). The fourth-order valence-electron chi connectivity index (χ4n) is 3.87. The summed E-state index contributed by atoms with van der Waals surface area (Å²) in [7, 11) is 0. The number of nitrogens with one attached hydrogen (secondary N) is 2. The highest BCUT2D eigenvalue weighted by Gasteiger charge is 2.48. The summed E-state index contributed by atoms with van der Waals surface area (Å²) in [4.78, 5) is 32.2. The summed E-state index contributed by atoms with van der Waals surface area (Å²) in [5.41, 5.74) is -1.34. The summed E-state index contributed by atoms with van der Waals surface area (Å²) in [6.07, 6.45) is 0.658. The molecule has 2 saturated heterocycles. The van der Waals surface area contributed by atoms with Crippen LogP contribution in [0.3, 0.4) is 0 Å². The number of piperidine rings is 1. The zero-order valence-corrected chi connectivity index (χ0v) is 15.0. The monoisotopic (exact) mass is 352 g/mol. The molecule has 0 amide bonds. The Kier molecular flexibility index (Phi) is 5.15. The van der Waals surface area contributed by atoms with Crippen LogP contribution in [0.2, 0.25) is 0 Å². The number of hydrogen-bond donors (Lipinski definition) is 3. The lowest BCUT2D eigenvalue weighted by Gasteiger charge is -2.52. The van der Waals surface area contributed by atoms with Crippen molar-refractivity contribution in [3.05, 3.63) is 32.6 Å². The van der Waals surface area contributed by atoms with E-state index in [9.17, 15) is 14.7 Å². The average Bonchev–Trinajstić information content (AvgIpc) is 2.51. The van der Waals surface area contributed by atoms with Crippen LogP contribution in [0.25, 0.3) is 0 Å². The van der Waals surface area contributed by atoms with E-state index in [-0.39, 0.29) is 11.0 Å². The lowest BCUT2D eigenvalue weighted by Crippen LogP contribution is -2.62. The number of H-pyrrole nitrogens is 2. The number of likely N-dealkylation sites (tertiary alicyclic amines) is 1. The molecule has 3 N–H and O–H groups in total. The summed E-state index contributed by atoms with van der Waals surface area (Å²) in [6, 6.07) is 1.42. The minimum atomic E-state index is -0.761. The molecule has 0 aliphatic carbocycles. The first kappa shape index (κ1) is 18.3. The first-order chi connectivity index (χ1) is 11.8. The van der Waals surface area contributed by atoms with Crippen molar-refractivity contribution in [2.75, 3.05) is 45.9 Å². The van der Waals surface area contributed by atoms with Crippen LogP contribution in [0.15, 0.2) is 15.7 Å². The number of β-amino-alcohol motifs (C(OH)–C–C–N with tert-alkyl or cyclic N) is 1. The fourth-order valence-corrected chi connectivity index (χ4v) is 3.87. The third-order valence-corrected chi connectivity index (χ3v) is 5.52. The van der Waals surface area contributed by atoms with Gasteiger partial charge in [-0.05, 0) is 6.42 Å². The van der Waals surface area contributed by atoms with Gasteiger partial charge in [0.1, 0.15) is 0 Å². The molecule has 0 radical (unpaired) electrons. The minimum Gasteiger partial charge on any atom is -0.388 e. The Morgan fingerprint density at radius 1 is 1.16 bits per heavy atom. The maximum atomic E-state index is 11.5. The van der Waals surface area contributed by atoms with E-state index in [1.807, 2.05) is 0 Å². The molecular formula is C17H28N4O4. The second-order valence-electron chi connectivity index (χ2n) is 7.88. The first-order valence-corrected chi connectivity index (χ1v) is 8.85. The van der Waals surface area contributed by atoms with Gasteiger partial charge in [-0.3, -0.25) is 19.6 Å². The van der Waals surface area contributed by atoms with E-state index in [1.165, 1.54) is 6.07 Å². The van der Waals surface area contributed by atoms with Crippen LogP contribution in [0.4, 0.5) is 0 Å². The molecule has 140 valence electrons. The van der Waals surface area contributed by atoms with Gasteiger partial charge in [0.2, 0.25) is 0 Å². The van der Waals surface area contributed by atoms with E-state index in [0.29, 0.717) is 31.7 Å². The van der Waals surface area contributed by atoms with Gasteiger partial charge in [0.25, 0.3) is 5.56 Å². The average molecular weight is 352 g/mol. The van der Waals surface area contributed by atoms with Gasteiger partial charge in [0.05, 0.1) is 18.8 Å². The predicted octanol–water partition coefficient (Wildman–Crippen LogP) is -0.642. The van der Waals surface area contributed by atoms with E-state index in [2.05, 4.69) is 33.6 Å². The highest BCUT2D eigenvalue weighted by Crippen LogP contribution is 2.39. The smallest absolute Gasteiger partial charge is 0.325 e. The molecule has 1 atom stereocenters. The van der Waals surface area contributed by atoms with Crippen molar-refractivity contribution >= 4 is 0 Å². The molecule has 1 aromatic heterocycles. The van der Waals surface area contributed by atoms with Gasteiger partial charge >= 0.3 is 5.69 Å². The van der Waals surface area contributed by atoms with Crippen LogP contribution >= 0.6 is 0 Å². The number of ether oxygens (including phenoxy) is 1. The molecule has 3 heterocycles. The molecule has 0 aromatic carbocycles. The van der Waals surface area contributed by atoms with Crippen molar-refractivity contribution in [3.8, 4) is 0 Å². The van der Waals surface area contributed by atoms with Crippen molar-refractivity contribution in [1.29, 1.82) is 0 Å². The highest BCUT2D eigenvalue weighted by atomic mass is 16.5. The minimum absolute atomic E-state index is 0.301. The van der Waals surface area contributed by atoms with Crippen LogP contribution in [-0.4, -0.2) is 76.4 Å². The molecule has 2 aliphatic rings. The second-order valence-corrected chi connectivity index (χ2v) is 7.88. The van der Waals surface area contributed by atoms with Crippen LogP contribution in [0.1, 0.15) is 26.0 Å². The number of aromatic nitrogens is 2. The highest BCUT2D eigenvalue weighted by molar-refractivity contribution is 5.04. The summed E-state index contributed by atoms with van der Waals surface area (Å²) in [5, 5.41) is 11.3. The first-order valence-electron chi connectivity index (χ1n) is 8.85. The lowest BCUT2D eigenvalue weighted by molar-refractivity contribution is -0.141. The molecule has 0 saturated carbocycles. The van der Waals surface area contributed by atoms with E-state index < -0.39 is 11.3 Å². The van der Waals surface area contributed by atoms with Gasteiger partial charge in [0, 0.05) is 56.4 Å². The van der Waals surface area contributed by atoms with Crippen molar-refractivity contribution < 1.29 is 9.84 Å². The molecule has 1 unspecified atom stereocenters. The SMILES string of the molecule is CC1(C)CN(Cc2cc(=O)[nH]c(=O)[nH]2)CCC1(O)CN1CCOCC1. The summed E-state index contributed by atoms with van der Waals surface area (Å²) >= 11 is 0. The van der Waals surface area contributed by atoms with Crippen molar-refractivity contribution in [2.24, 2.45) is 5.41 Å². The topological polar surface area (TPSA) is 102 Å². The van der Waals surface area contributed by atoms with Crippen molar-refractivity contribution in [1.82, 2.24) is 19.8 Å². The number of hydrogen-bond acceptors (Lipinski definition) is 6. The molecule has 25 heavy (non-hydrogen) atoms. The van der Waals surface area contributed by atoms with Gasteiger partial charge in [0.15, 0.2) is 0 Å². The maximum absolute atomic E-state index is 11.5. The molecule has 3 rings (SSSR count). The Hall–Kier alpha value is -1.48. The van der Waals surface area contributed by atoms with Crippen LogP contribution in [0.5, 0.6) is 0 Å². The van der Waals surface area contributed by atoms with Crippen LogP contribution < -0.4 is 11.2 Å². The Morgan fingerprint density at radius 3 is 2.52 bits per heavy atom. The van der Waals surface area contributed by atoms with Gasteiger partial charge in [-0.15, -0.1) is 0 Å². The van der Waals surface area contributed by atoms with E-state index in [0.717, 1.165) is 32.8 Å². The second kappa shape index (κ2) is 7.03. The number of aromatic amines is 2. The molecule has 2 fully saturated rings. The zero-order valence-electron chi connectivity index (χ0n) is 15.0. The molecular weight excluding hydrogens is 324 g/mol. The third-order valence-electron chi connectivity index (χ3n) is 5.52. The summed E-state index contributed by atoms with van der Waals surface area (Å²) in [5.74, 6) is 0. The summed E-state index contributed by atoms with van der Waals surface area (Å²) < 4.78 is 5.39. The molecule has 8 heteroatoms. The fraction of sp³-hybridized carbons (Fsp3) is 0.765. The van der Waals surface area contributed by atoms with Crippen molar-refractivity contribution in [3.63, 3.8) is 0 Å². The van der Waals surface area contributed by atoms with Crippen molar-refractivity contribution in [2.45, 2.75) is 32.4 Å². The zero-order chi connectivity index (χ0) is 18.1. The molecule has 1 aromatic rings. The van der Waals surface area contributed by atoms with Crippen LogP contribution in [0, 0.1) is 5.41 Å². The van der Waals surface area contributed by atoms with Crippen LogP contribution in [-0.2, 0) is 11.3 Å². The molecule has 2 aliphatic heterocycles. The van der Waals surface area contributed by atoms with Gasteiger partial charge < -0.3 is 14.8 Å². The Balaban J connectivity index is 1.66. The number of morpholine rings is 1. The third kappa shape index (κ3) is 4.20. The molecule has 0 spiro atoms. The summed E-state index contributed by atoms with van der Waals surface area (Å²) in [6.45, 7) is 9.89. The number of rotatable bonds is 4. The maximum Gasteiger partial charge on any atom is 0.325 e. The quantitative estimate of drug-likeness (QED) is 0.666.